The molecule has 6 heteroatoms. The van der Waals surface area contributed by atoms with Gasteiger partial charge in [-0.2, -0.15) is 11.8 Å². The molecule has 1 rings (SSSR count). The van der Waals surface area contributed by atoms with E-state index in [4.69, 9.17) is 10.5 Å². The molecule has 0 fully saturated rings. The van der Waals surface area contributed by atoms with Gasteiger partial charge in [0.05, 0.1) is 12.6 Å². The molecule has 0 aromatic heterocycles. The van der Waals surface area contributed by atoms with Gasteiger partial charge in [0.25, 0.3) is 0 Å². The summed E-state index contributed by atoms with van der Waals surface area (Å²) in [7, 11) is 0. The number of carbonyl (C=O) groups excluding carboxylic acids is 1. The Kier molecular flexibility index (Phi) is 9.59. The van der Waals surface area contributed by atoms with Crippen LogP contribution in [0.15, 0.2) is 28.7 Å². The van der Waals surface area contributed by atoms with Crippen LogP contribution in [-0.2, 0) is 4.79 Å². The lowest BCUT2D eigenvalue weighted by atomic mass is 9.99. The summed E-state index contributed by atoms with van der Waals surface area (Å²) in [6, 6.07) is 7.39. The van der Waals surface area contributed by atoms with Gasteiger partial charge in [0.1, 0.15) is 5.75 Å². The lowest BCUT2D eigenvalue weighted by Gasteiger charge is -2.17. The van der Waals surface area contributed by atoms with Crippen molar-refractivity contribution in [2.45, 2.75) is 26.3 Å². The van der Waals surface area contributed by atoms with E-state index in [1.54, 1.807) is 11.8 Å². The second kappa shape index (κ2) is 10.9. The van der Waals surface area contributed by atoms with E-state index in [1.165, 1.54) is 0 Å². The lowest BCUT2D eigenvalue weighted by Crippen LogP contribution is -2.45. The molecule has 0 aliphatic rings. The van der Waals surface area contributed by atoms with Crippen LogP contribution in [-0.4, -0.2) is 36.6 Å². The standard InChI is InChI=1S/C16H25BrN2O2S/c1-3-12(2)15(18)16(20)19-7-9-22-10-8-21-14-6-4-5-13(17)11-14/h4-6,11-12,15H,3,7-10,18H2,1-2H3,(H,19,20). The molecule has 0 bridgehead atoms. The fourth-order valence-electron chi connectivity index (χ4n) is 1.75. The van der Waals surface area contributed by atoms with Crippen LogP contribution in [0.2, 0.25) is 0 Å². The van der Waals surface area contributed by atoms with Crippen LogP contribution in [0.25, 0.3) is 0 Å². The van der Waals surface area contributed by atoms with Gasteiger partial charge < -0.3 is 15.8 Å². The first kappa shape index (κ1) is 19.3. The van der Waals surface area contributed by atoms with Crippen LogP contribution in [0.1, 0.15) is 20.3 Å². The molecule has 1 aromatic carbocycles. The van der Waals surface area contributed by atoms with E-state index in [1.807, 2.05) is 38.1 Å². The molecule has 124 valence electrons. The van der Waals surface area contributed by atoms with Crippen molar-refractivity contribution in [3.63, 3.8) is 0 Å². The van der Waals surface area contributed by atoms with Crippen molar-refractivity contribution in [1.29, 1.82) is 0 Å². The van der Waals surface area contributed by atoms with E-state index in [0.29, 0.717) is 13.2 Å². The number of nitrogens with one attached hydrogen (secondary N) is 1. The normalized spacial score (nSPS) is 13.5. The maximum Gasteiger partial charge on any atom is 0.237 e. The summed E-state index contributed by atoms with van der Waals surface area (Å²) in [6.07, 6.45) is 0.913. The Labute approximate surface area is 145 Å². The van der Waals surface area contributed by atoms with Gasteiger partial charge in [0.2, 0.25) is 5.91 Å². The summed E-state index contributed by atoms with van der Waals surface area (Å²) in [4.78, 5) is 11.8. The van der Waals surface area contributed by atoms with Crippen LogP contribution < -0.4 is 15.8 Å². The van der Waals surface area contributed by atoms with E-state index in [0.717, 1.165) is 28.1 Å². The van der Waals surface area contributed by atoms with Crippen molar-refractivity contribution in [1.82, 2.24) is 5.32 Å². The minimum absolute atomic E-state index is 0.0552. The minimum Gasteiger partial charge on any atom is -0.493 e. The van der Waals surface area contributed by atoms with Crippen LogP contribution in [0.4, 0.5) is 0 Å². The topological polar surface area (TPSA) is 64.4 Å². The predicted octanol–water partition coefficient (Wildman–Crippen LogP) is 3.05. The molecule has 1 amide bonds. The molecule has 1 aromatic rings. The van der Waals surface area contributed by atoms with Gasteiger partial charge in [0.15, 0.2) is 0 Å². The monoisotopic (exact) mass is 388 g/mol. The number of nitrogens with two attached hydrogens (primary N) is 1. The summed E-state index contributed by atoms with van der Waals surface area (Å²) >= 11 is 5.16. The first-order valence-electron chi connectivity index (χ1n) is 7.54. The van der Waals surface area contributed by atoms with Crippen LogP contribution in [0, 0.1) is 5.92 Å². The molecule has 3 N–H and O–H groups in total. The number of benzene rings is 1. The number of amides is 1. The number of ether oxygens (including phenoxy) is 1. The molecule has 0 saturated carbocycles. The second-order valence-electron chi connectivity index (χ2n) is 5.12. The molecular formula is C16H25BrN2O2S. The lowest BCUT2D eigenvalue weighted by molar-refractivity contribution is -0.123. The highest BCUT2D eigenvalue weighted by Gasteiger charge is 2.18. The Morgan fingerprint density at radius 1 is 1.45 bits per heavy atom. The Morgan fingerprint density at radius 2 is 2.23 bits per heavy atom. The number of thioether (sulfide) groups is 1. The van der Waals surface area contributed by atoms with Crippen molar-refractivity contribution < 1.29 is 9.53 Å². The molecule has 0 radical (unpaired) electrons. The van der Waals surface area contributed by atoms with E-state index >= 15 is 0 Å². The van der Waals surface area contributed by atoms with E-state index in [2.05, 4.69) is 21.2 Å². The van der Waals surface area contributed by atoms with E-state index < -0.39 is 6.04 Å². The average Bonchev–Trinajstić information content (AvgIpc) is 2.52. The number of hydrogen-bond donors (Lipinski definition) is 2. The van der Waals surface area contributed by atoms with Crippen molar-refractivity contribution in [2.75, 3.05) is 24.7 Å². The fourth-order valence-corrected chi connectivity index (χ4v) is 2.78. The Balaban J connectivity index is 2.05. The summed E-state index contributed by atoms with van der Waals surface area (Å²) in [5.74, 6) is 2.77. The van der Waals surface area contributed by atoms with Gasteiger partial charge >= 0.3 is 0 Å². The third-order valence-corrected chi connectivity index (χ3v) is 4.84. The van der Waals surface area contributed by atoms with Crippen molar-refractivity contribution in [2.24, 2.45) is 11.7 Å². The maximum absolute atomic E-state index is 11.8. The highest BCUT2D eigenvalue weighted by atomic mass is 79.9. The zero-order valence-corrected chi connectivity index (χ0v) is 15.6. The summed E-state index contributed by atoms with van der Waals surface area (Å²) in [6.45, 7) is 5.34. The SMILES string of the molecule is CCC(C)C(N)C(=O)NCCSCCOc1cccc(Br)c1. The number of carbonyl (C=O) groups is 1. The number of halogens is 1. The molecule has 0 aliphatic carbocycles. The van der Waals surface area contributed by atoms with Crippen LogP contribution in [0.5, 0.6) is 5.75 Å². The number of hydrogen-bond acceptors (Lipinski definition) is 4. The molecule has 0 aliphatic heterocycles. The van der Waals surface area contributed by atoms with Gasteiger partial charge in [-0.05, 0) is 24.1 Å². The zero-order valence-electron chi connectivity index (χ0n) is 13.2. The Hall–Kier alpha value is -0.720. The average molecular weight is 389 g/mol. The van der Waals surface area contributed by atoms with Crippen LogP contribution in [0.3, 0.4) is 0 Å². The van der Waals surface area contributed by atoms with Crippen molar-refractivity contribution >= 4 is 33.6 Å². The quantitative estimate of drug-likeness (QED) is 0.604. The summed E-state index contributed by atoms with van der Waals surface area (Å²) in [5.41, 5.74) is 5.87. The largest absolute Gasteiger partial charge is 0.493 e. The first-order valence-corrected chi connectivity index (χ1v) is 9.48. The van der Waals surface area contributed by atoms with Gasteiger partial charge in [0, 0.05) is 22.5 Å². The Bertz CT molecular complexity index is 460. The third kappa shape index (κ3) is 7.51. The molecule has 2 atom stereocenters. The molecule has 2 unspecified atom stereocenters. The highest BCUT2D eigenvalue weighted by Crippen LogP contribution is 2.17. The van der Waals surface area contributed by atoms with Gasteiger partial charge in [-0.25, -0.2) is 0 Å². The molecule has 0 saturated heterocycles. The Morgan fingerprint density at radius 3 is 2.91 bits per heavy atom. The summed E-state index contributed by atoms with van der Waals surface area (Å²) < 4.78 is 6.65. The van der Waals surface area contributed by atoms with Crippen molar-refractivity contribution in [3.8, 4) is 5.75 Å². The first-order chi connectivity index (χ1) is 10.5. The smallest absolute Gasteiger partial charge is 0.237 e. The van der Waals surface area contributed by atoms with Crippen LogP contribution >= 0.6 is 27.7 Å². The van der Waals surface area contributed by atoms with Gasteiger partial charge in [-0.3, -0.25) is 4.79 Å². The molecular weight excluding hydrogens is 364 g/mol. The highest BCUT2D eigenvalue weighted by molar-refractivity contribution is 9.10. The zero-order chi connectivity index (χ0) is 16.4. The fraction of sp³-hybridized carbons (Fsp3) is 0.562. The van der Waals surface area contributed by atoms with E-state index in [-0.39, 0.29) is 11.8 Å². The molecule has 4 nitrogen and oxygen atoms in total. The summed E-state index contributed by atoms with van der Waals surface area (Å²) in [5, 5.41) is 2.88. The third-order valence-electron chi connectivity index (χ3n) is 3.40. The maximum atomic E-state index is 11.8. The molecule has 0 heterocycles. The minimum atomic E-state index is -0.408. The van der Waals surface area contributed by atoms with Crippen molar-refractivity contribution in [3.05, 3.63) is 28.7 Å². The molecule has 0 spiro atoms. The van der Waals surface area contributed by atoms with E-state index in [9.17, 15) is 4.79 Å². The van der Waals surface area contributed by atoms with Gasteiger partial charge in [-0.1, -0.05) is 42.3 Å². The second-order valence-corrected chi connectivity index (χ2v) is 7.26. The molecule has 22 heavy (non-hydrogen) atoms. The van der Waals surface area contributed by atoms with Gasteiger partial charge in [-0.15, -0.1) is 0 Å². The number of rotatable bonds is 10. The predicted molar refractivity (Wildman–Crippen MR) is 97.4 cm³/mol.